The number of aromatic nitrogens is 1. The minimum atomic E-state index is -0.110. The van der Waals surface area contributed by atoms with E-state index in [4.69, 9.17) is 0 Å². The maximum atomic E-state index is 12.6. The Morgan fingerprint density at radius 2 is 1.81 bits per heavy atom. The fourth-order valence-corrected chi connectivity index (χ4v) is 3.48. The number of carbonyl (C=O) groups excluding carboxylic acids is 1. The summed E-state index contributed by atoms with van der Waals surface area (Å²) in [4.78, 5) is 24.6. The van der Waals surface area contributed by atoms with Crippen molar-refractivity contribution in [3.63, 3.8) is 0 Å². The third-order valence-electron chi connectivity index (χ3n) is 5.12. The zero-order valence-electron chi connectivity index (χ0n) is 14.9. The summed E-state index contributed by atoms with van der Waals surface area (Å²) in [7, 11) is 0. The molecule has 4 nitrogen and oxygen atoms in total. The molecule has 1 aliphatic rings. The van der Waals surface area contributed by atoms with Gasteiger partial charge >= 0.3 is 0 Å². The number of rotatable bonds is 5. The van der Waals surface area contributed by atoms with Gasteiger partial charge in [-0.25, -0.2) is 0 Å². The van der Waals surface area contributed by atoms with Crippen LogP contribution < -0.4 is 10.7 Å². The first-order valence-electron chi connectivity index (χ1n) is 8.99. The molecule has 0 saturated heterocycles. The van der Waals surface area contributed by atoms with Gasteiger partial charge in [-0.1, -0.05) is 42.0 Å². The summed E-state index contributed by atoms with van der Waals surface area (Å²) in [5.41, 5.74) is 3.16. The van der Waals surface area contributed by atoms with Crippen LogP contribution in [-0.2, 0) is 17.8 Å². The number of carbonyl (C=O) groups is 1. The summed E-state index contributed by atoms with van der Waals surface area (Å²) in [6.45, 7) is 2.30. The molecule has 3 aromatic rings. The third kappa shape index (κ3) is 3.40. The minimum absolute atomic E-state index is 0.0107. The molecule has 0 unspecified atom stereocenters. The maximum Gasteiger partial charge on any atom is 0.240 e. The standard InChI is InChI=1S/C22H22N2O2/c1-16-6-8-17(9-7-16)14-22(11-12-22)23-21(26)15-24-13-10-20(25)18-4-2-3-5-19(18)24/h2-10,13H,11-12,14-15H2,1H3,(H,23,26). The highest BCUT2D eigenvalue weighted by molar-refractivity contribution is 5.82. The van der Waals surface area contributed by atoms with E-state index in [2.05, 4.69) is 36.5 Å². The Labute approximate surface area is 152 Å². The number of amides is 1. The van der Waals surface area contributed by atoms with Crippen molar-refractivity contribution < 1.29 is 4.79 Å². The van der Waals surface area contributed by atoms with Crippen LogP contribution in [-0.4, -0.2) is 16.0 Å². The van der Waals surface area contributed by atoms with Crippen LogP contribution >= 0.6 is 0 Å². The normalized spacial score (nSPS) is 15.0. The fraction of sp³-hybridized carbons (Fsp3) is 0.273. The minimum Gasteiger partial charge on any atom is -0.349 e. The van der Waals surface area contributed by atoms with Crippen molar-refractivity contribution in [3.8, 4) is 0 Å². The van der Waals surface area contributed by atoms with Crippen molar-refractivity contribution in [2.45, 2.75) is 38.3 Å². The first-order chi connectivity index (χ1) is 12.5. The third-order valence-corrected chi connectivity index (χ3v) is 5.12. The van der Waals surface area contributed by atoms with Crippen LogP contribution in [0.2, 0.25) is 0 Å². The first-order valence-corrected chi connectivity index (χ1v) is 8.99. The van der Waals surface area contributed by atoms with E-state index in [9.17, 15) is 9.59 Å². The first kappa shape index (κ1) is 16.6. The summed E-state index contributed by atoms with van der Waals surface area (Å²) in [5.74, 6) is -0.0107. The van der Waals surface area contributed by atoms with E-state index in [1.165, 1.54) is 17.2 Å². The molecular weight excluding hydrogens is 324 g/mol. The second-order valence-electron chi connectivity index (χ2n) is 7.32. The predicted molar refractivity (Wildman–Crippen MR) is 103 cm³/mol. The Morgan fingerprint density at radius 1 is 1.08 bits per heavy atom. The van der Waals surface area contributed by atoms with Crippen molar-refractivity contribution in [2.24, 2.45) is 0 Å². The SMILES string of the molecule is Cc1ccc(CC2(NC(=O)Cn3ccc(=O)c4ccccc43)CC2)cc1. The summed E-state index contributed by atoms with van der Waals surface area (Å²) in [6, 6.07) is 17.4. The molecule has 1 aromatic heterocycles. The summed E-state index contributed by atoms with van der Waals surface area (Å²) >= 11 is 0. The molecule has 1 aliphatic carbocycles. The second-order valence-corrected chi connectivity index (χ2v) is 7.32. The molecule has 0 atom stereocenters. The number of pyridine rings is 1. The molecule has 26 heavy (non-hydrogen) atoms. The molecule has 0 radical (unpaired) electrons. The lowest BCUT2D eigenvalue weighted by atomic mass is 10.0. The van der Waals surface area contributed by atoms with Gasteiger partial charge in [-0.05, 0) is 43.9 Å². The average Bonchev–Trinajstić information content (AvgIpc) is 3.38. The quantitative estimate of drug-likeness (QED) is 0.771. The molecular formula is C22H22N2O2. The number of hydrogen-bond donors (Lipinski definition) is 1. The molecule has 1 fully saturated rings. The summed E-state index contributed by atoms with van der Waals surface area (Å²) in [5, 5.41) is 3.86. The Hall–Kier alpha value is -2.88. The number of hydrogen-bond acceptors (Lipinski definition) is 2. The Bertz CT molecular complexity index is 1010. The number of nitrogens with zero attached hydrogens (tertiary/aromatic N) is 1. The number of benzene rings is 2. The lowest BCUT2D eigenvalue weighted by Gasteiger charge is -2.19. The van der Waals surface area contributed by atoms with Crippen LogP contribution in [0.25, 0.3) is 10.9 Å². The number of para-hydroxylation sites is 1. The van der Waals surface area contributed by atoms with Gasteiger partial charge in [0.1, 0.15) is 6.54 Å². The highest BCUT2D eigenvalue weighted by atomic mass is 16.2. The Kier molecular flexibility index (Phi) is 4.11. The predicted octanol–water partition coefficient (Wildman–Crippen LogP) is 3.20. The van der Waals surface area contributed by atoms with E-state index in [-0.39, 0.29) is 23.4 Å². The average molecular weight is 346 g/mol. The van der Waals surface area contributed by atoms with Gasteiger partial charge in [-0.3, -0.25) is 9.59 Å². The lowest BCUT2D eigenvalue weighted by molar-refractivity contribution is -0.122. The monoisotopic (exact) mass is 346 g/mol. The molecule has 1 amide bonds. The van der Waals surface area contributed by atoms with Gasteiger partial charge in [-0.2, -0.15) is 0 Å². The van der Waals surface area contributed by atoms with E-state index in [1.807, 2.05) is 22.8 Å². The van der Waals surface area contributed by atoms with Gasteiger partial charge in [-0.15, -0.1) is 0 Å². The molecule has 4 rings (SSSR count). The number of aryl methyl sites for hydroxylation is 1. The molecule has 0 spiro atoms. The van der Waals surface area contributed by atoms with Gasteiger partial charge in [0.15, 0.2) is 5.43 Å². The summed E-state index contributed by atoms with van der Waals surface area (Å²) < 4.78 is 1.84. The lowest BCUT2D eigenvalue weighted by Crippen LogP contribution is -2.40. The highest BCUT2D eigenvalue weighted by Crippen LogP contribution is 2.38. The topological polar surface area (TPSA) is 51.1 Å². The largest absolute Gasteiger partial charge is 0.349 e. The Balaban J connectivity index is 1.48. The van der Waals surface area contributed by atoms with Gasteiger partial charge in [0, 0.05) is 23.2 Å². The Morgan fingerprint density at radius 3 is 2.54 bits per heavy atom. The van der Waals surface area contributed by atoms with E-state index >= 15 is 0 Å². The summed E-state index contributed by atoms with van der Waals surface area (Å²) in [6.07, 6.45) is 4.59. The van der Waals surface area contributed by atoms with Crippen LogP contribution in [0, 0.1) is 6.92 Å². The zero-order chi connectivity index (χ0) is 18.1. The van der Waals surface area contributed by atoms with Crippen molar-refractivity contribution in [3.05, 3.63) is 82.1 Å². The van der Waals surface area contributed by atoms with E-state index in [0.717, 1.165) is 24.8 Å². The van der Waals surface area contributed by atoms with Crippen molar-refractivity contribution in [2.75, 3.05) is 0 Å². The molecule has 2 aromatic carbocycles. The van der Waals surface area contributed by atoms with Crippen molar-refractivity contribution in [1.82, 2.24) is 9.88 Å². The van der Waals surface area contributed by atoms with E-state index in [1.54, 1.807) is 12.3 Å². The van der Waals surface area contributed by atoms with Gasteiger partial charge < -0.3 is 9.88 Å². The van der Waals surface area contributed by atoms with Crippen LogP contribution in [0.15, 0.2) is 65.6 Å². The van der Waals surface area contributed by atoms with Crippen LogP contribution in [0.5, 0.6) is 0 Å². The van der Waals surface area contributed by atoms with Crippen molar-refractivity contribution >= 4 is 16.8 Å². The highest BCUT2D eigenvalue weighted by Gasteiger charge is 2.43. The maximum absolute atomic E-state index is 12.6. The molecule has 0 aliphatic heterocycles. The van der Waals surface area contributed by atoms with Crippen LogP contribution in [0.1, 0.15) is 24.0 Å². The number of nitrogens with one attached hydrogen (secondary N) is 1. The fourth-order valence-electron chi connectivity index (χ4n) is 3.48. The zero-order valence-corrected chi connectivity index (χ0v) is 14.9. The molecule has 1 heterocycles. The van der Waals surface area contributed by atoms with Crippen LogP contribution in [0.3, 0.4) is 0 Å². The molecule has 4 heteroatoms. The van der Waals surface area contributed by atoms with Crippen LogP contribution in [0.4, 0.5) is 0 Å². The molecule has 1 saturated carbocycles. The molecule has 1 N–H and O–H groups in total. The number of fused-ring (bicyclic) bond motifs is 1. The van der Waals surface area contributed by atoms with E-state index in [0.29, 0.717) is 5.39 Å². The second kappa shape index (κ2) is 6.45. The smallest absolute Gasteiger partial charge is 0.240 e. The van der Waals surface area contributed by atoms with Crippen molar-refractivity contribution in [1.29, 1.82) is 0 Å². The molecule has 132 valence electrons. The molecule has 0 bridgehead atoms. The van der Waals surface area contributed by atoms with E-state index < -0.39 is 0 Å². The van der Waals surface area contributed by atoms with Gasteiger partial charge in [0.05, 0.1) is 5.52 Å². The van der Waals surface area contributed by atoms with Gasteiger partial charge in [0.25, 0.3) is 0 Å². The van der Waals surface area contributed by atoms with Gasteiger partial charge in [0.2, 0.25) is 5.91 Å².